The van der Waals surface area contributed by atoms with Crippen LogP contribution in [0.25, 0.3) is 110 Å². The molecule has 8 heteroatoms. The first-order valence-electron chi connectivity index (χ1n) is 18.8. The molecule has 0 N–H and O–H groups in total. The summed E-state index contributed by atoms with van der Waals surface area (Å²) in [6, 6.07) is 51.1. The average molecular weight is 758 g/mol. The van der Waals surface area contributed by atoms with Crippen molar-refractivity contribution in [2.45, 2.75) is 6.18 Å². The van der Waals surface area contributed by atoms with Gasteiger partial charge in [0.15, 0.2) is 0 Å². The summed E-state index contributed by atoms with van der Waals surface area (Å²) in [4.78, 5) is 0. The Bertz CT molecular complexity index is 3760. The zero-order valence-electron chi connectivity index (χ0n) is 30.3. The van der Waals surface area contributed by atoms with Gasteiger partial charge in [-0.25, -0.2) is 0 Å². The van der Waals surface area contributed by atoms with Crippen molar-refractivity contribution in [3.05, 3.63) is 169 Å². The molecule has 274 valence electrons. The molecular formula is C50H26F3N3O2. The number of fused-ring (bicyclic) bond motifs is 14. The molecule has 0 spiro atoms. The first kappa shape index (κ1) is 32.5. The number of alkyl halides is 3. The lowest BCUT2D eigenvalue weighted by molar-refractivity contribution is -0.137. The lowest BCUT2D eigenvalue weighted by Gasteiger charge is -2.20. The number of hydrogen-bond donors (Lipinski definition) is 0. The van der Waals surface area contributed by atoms with Crippen LogP contribution in [0.3, 0.4) is 0 Å². The topological polar surface area (TPSA) is 59.9 Å². The predicted molar refractivity (Wildman–Crippen MR) is 225 cm³/mol. The Morgan fingerprint density at radius 1 is 0.448 bits per heavy atom. The highest BCUT2D eigenvalue weighted by Gasteiger charge is 2.33. The van der Waals surface area contributed by atoms with E-state index >= 15 is 0 Å². The molecule has 4 aromatic heterocycles. The Morgan fingerprint density at radius 3 is 1.52 bits per heavy atom. The Balaban J connectivity index is 1.21. The smallest absolute Gasteiger partial charge is 0.416 e. The zero-order chi connectivity index (χ0) is 38.9. The molecule has 0 unspecified atom stereocenters. The summed E-state index contributed by atoms with van der Waals surface area (Å²) in [5.41, 5.74) is 7.69. The summed E-state index contributed by atoms with van der Waals surface area (Å²) in [6.45, 7) is 0. The molecule has 12 aromatic rings. The molecule has 0 aliphatic carbocycles. The van der Waals surface area contributed by atoms with E-state index < -0.39 is 11.7 Å². The van der Waals surface area contributed by atoms with Gasteiger partial charge in [0, 0.05) is 43.4 Å². The minimum atomic E-state index is -4.62. The van der Waals surface area contributed by atoms with Gasteiger partial charge in [0.05, 0.1) is 61.4 Å². The number of rotatable bonds is 3. The van der Waals surface area contributed by atoms with E-state index in [0.29, 0.717) is 39.2 Å². The Hall–Kier alpha value is -7.76. The van der Waals surface area contributed by atoms with Crippen LogP contribution in [0.5, 0.6) is 0 Å². The van der Waals surface area contributed by atoms with Crippen molar-refractivity contribution >= 4 is 87.5 Å². The van der Waals surface area contributed by atoms with Gasteiger partial charge in [0.1, 0.15) is 22.3 Å². The number of halogens is 3. The third-order valence-electron chi connectivity index (χ3n) is 11.6. The van der Waals surface area contributed by atoms with E-state index in [2.05, 4.69) is 6.07 Å². The summed E-state index contributed by atoms with van der Waals surface area (Å²) >= 11 is 0. The highest BCUT2D eigenvalue weighted by Crippen LogP contribution is 2.46. The molecule has 58 heavy (non-hydrogen) atoms. The van der Waals surface area contributed by atoms with Crippen LogP contribution in [0.4, 0.5) is 13.2 Å². The van der Waals surface area contributed by atoms with E-state index in [0.717, 1.165) is 82.4 Å². The van der Waals surface area contributed by atoms with Crippen LogP contribution in [0, 0.1) is 11.3 Å². The molecule has 8 aromatic carbocycles. The van der Waals surface area contributed by atoms with Crippen molar-refractivity contribution in [1.29, 1.82) is 5.26 Å². The molecular weight excluding hydrogens is 732 g/mol. The average Bonchev–Trinajstić information content (AvgIpc) is 4.00. The van der Waals surface area contributed by atoms with Crippen molar-refractivity contribution < 1.29 is 22.0 Å². The molecule has 0 bridgehead atoms. The molecule has 12 rings (SSSR count). The summed E-state index contributed by atoms with van der Waals surface area (Å²) in [6.07, 6.45) is -4.62. The van der Waals surface area contributed by atoms with E-state index in [9.17, 15) is 18.4 Å². The van der Waals surface area contributed by atoms with Crippen LogP contribution < -0.4 is 0 Å². The molecule has 0 radical (unpaired) electrons. The molecule has 5 nitrogen and oxygen atoms in total. The monoisotopic (exact) mass is 757 g/mol. The fourth-order valence-corrected chi connectivity index (χ4v) is 9.13. The van der Waals surface area contributed by atoms with Gasteiger partial charge in [-0.2, -0.15) is 18.4 Å². The van der Waals surface area contributed by atoms with Gasteiger partial charge in [-0.15, -0.1) is 0 Å². The van der Waals surface area contributed by atoms with Crippen LogP contribution in [0.1, 0.15) is 11.1 Å². The lowest BCUT2D eigenvalue weighted by Crippen LogP contribution is -2.08. The van der Waals surface area contributed by atoms with Crippen LogP contribution in [-0.4, -0.2) is 9.13 Å². The van der Waals surface area contributed by atoms with Crippen LogP contribution in [0.2, 0.25) is 0 Å². The third-order valence-corrected chi connectivity index (χ3v) is 11.6. The maximum Gasteiger partial charge on any atom is 0.416 e. The highest BCUT2D eigenvalue weighted by molar-refractivity contribution is 6.25. The second kappa shape index (κ2) is 11.6. The van der Waals surface area contributed by atoms with Crippen molar-refractivity contribution in [2.75, 3.05) is 0 Å². The lowest BCUT2D eigenvalue weighted by atomic mass is 9.97. The van der Waals surface area contributed by atoms with Crippen LogP contribution >= 0.6 is 0 Å². The quantitative estimate of drug-likeness (QED) is 0.180. The van der Waals surface area contributed by atoms with E-state index in [4.69, 9.17) is 8.83 Å². The summed E-state index contributed by atoms with van der Waals surface area (Å²) < 4.78 is 61.5. The van der Waals surface area contributed by atoms with Gasteiger partial charge in [-0.3, -0.25) is 0 Å². The number of benzene rings is 8. The highest BCUT2D eigenvalue weighted by atomic mass is 19.4. The number of nitrogens with zero attached hydrogens (tertiary/aromatic N) is 3. The molecule has 0 saturated heterocycles. The first-order chi connectivity index (χ1) is 28.4. The van der Waals surface area contributed by atoms with Crippen LogP contribution in [-0.2, 0) is 6.18 Å². The summed E-state index contributed by atoms with van der Waals surface area (Å²) in [5, 5.41) is 17.7. The first-order valence-corrected chi connectivity index (χ1v) is 18.8. The summed E-state index contributed by atoms with van der Waals surface area (Å²) in [5.74, 6) is 0. The normalized spacial score (nSPS) is 12.4. The van der Waals surface area contributed by atoms with Gasteiger partial charge in [-0.05, 0) is 78.9 Å². The van der Waals surface area contributed by atoms with Gasteiger partial charge >= 0.3 is 6.18 Å². The Morgan fingerprint density at radius 2 is 0.966 bits per heavy atom. The van der Waals surface area contributed by atoms with E-state index in [1.165, 1.54) is 6.07 Å². The molecule has 4 heterocycles. The van der Waals surface area contributed by atoms with E-state index in [-0.39, 0.29) is 0 Å². The summed E-state index contributed by atoms with van der Waals surface area (Å²) in [7, 11) is 0. The molecule has 0 aliphatic heterocycles. The third kappa shape index (κ3) is 4.41. The molecule has 0 fully saturated rings. The maximum absolute atomic E-state index is 14.8. The molecule has 0 atom stereocenters. The number of aromatic nitrogens is 2. The number of nitriles is 1. The van der Waals surface area contributed by atoms with Gasteiger partial charge < -0.3 is 18.0 Å². The molecule has 0 aliphatic rings. The Labute approximate surface area is 326 Å². The maximum atomic E-state index is 14.8. The SMILES string of the molecule is N#Cc1ccc(-c2cc(C(F)(F)F)ccc2-n2c3ccccc3c3c4oc5ccccc5c4ccc32)c(-n2c3ccccc3c3c4oc5ccccc5c4ccc32)c1. The van der Waals surface area contributed by atoms with Gasteiger partial charge in [0.25, 0.3) is 0 Å². The standard InChI is InChI=1S/C50H26F3N3O2/c51-50(52,53)29-18-22-40(55-38-13-5-1-11-35(38)46-41(55)23-20-33-31-9-3-7-15-44(31)57-48(33)46)37(26-29)30-19-17-28(27-54)25-43(30)56-39-14-6-2-12-36(39)47-42(56)24-21-34-32-10-4-8-16-45(32)58-49(34)47/h1-26H. The predicted octanol–water partition coefficient (Wildman–Crippen LogP) is 14.2. The largest absolute Gasteiger partial charge is 0.455 e. The van der Waals surface area contributed by atoms with E-state index in [1.54, 1.807) is 24.3 Å². The van der Waals surface area contributed by atoms with Crippen molar-refractivity contribution in [2.24, 2.45) is 0 Å². The number of hydrogen-bond acceptors (Lipinski definition) is 3. The van der Waals surface area contributed by atoms with E-state index in [1.807, 2.05) is 130 Å². The fraction of sp³-hybridized carbons (Fsp3) is 0.0200. The van der Waals surface area contributed by atoms with Crippen molar-refractivity contribution in [3.8, 4) is 28.6 Å². The van der Waals surface area contributed by atoms with Gasteiger partial charge in [-0.1, -0.05) is 78.9 Å². The van der Waals surface area contributed by atoms with Crippen molar-refractivity contribution in [1.82, 2.24) is 9.13 Å². The minimum absolute atomic E-state index is 0.345. The number of para-hydroxylation sites is 4. The Kier molecular flexibility index (Phi) is 6.52. The van der Waals surface area contributed by atoms with Crippen LogP contribution in [0.15, 0.2) is 167 Å². The van der Waals surface area contributed by atoms with Crippen molar-refractivity contribution in [3.63, 3.8) is 0 Å². The second-order valence-corrected chi connectivity index (χ2v) is 14.6. The number of furan rings is 2. The zero-order valence-corrected chi connectivity index (χ0v) is 30.3. The fourth-order valence-electron chi connectivity index (χ4n) is 9.13. The molecule has 0 amide bonds. The van der Waals surface area contributed by atoms with Gasteiger partial charge in [0.2, 0.25) is 0 Å². The second-order valence-electron chi connectivity index (χ2n) is 14.6. The molecule has 0 saturated carbocycles. The minimum Gasteiger partial charge on any atom is -0.455 e.